The average molecular weight is 274 g/mol. The highest BCUT2D eigenvalue weighted by Crippen LogP contribution is 2.27. The van der Waals surface area contributed by atoms with Crippen molar-refractivity contribution in [2.75, 3.05) is 6.61 Å². The summed E-state index contributed by atoms with van der Waals surface area (Å²) in [5.74, 6) is 0.274. The molecule has 2 rings (SSSR count). The maximum atomic E-state index is 12.1. The zero-order valence-electron chi connectivity index (χ0n) is 12.8. The molecule has 1 aromatic carbocycles. The summed E-state index contributed by atoms with van der Waals surface area (Å²) >= 11 is 0. The van der Waals surface area contributed by atoms with Gasteiger partial charge in [0, 0.05) is 0 Å². The third-order valence-electron chi connectivity index (χ3n) is 3.44. The Bertz CT molecular complexity index is 629. The van der Waals surface area contributed by atoms with Gasteiger partial charge in [-0.15, -0.1) is 0 Å². The molecule has 4 nitrogen and oxygen atoms in total. The molecule has 0 bridgehead atoms. The zero-order valence-corrected chi connectivity index (χ0v) is 12.8. The number of fused-ring (bicyclic) bond motifs is 1. The molecule has 1 N–H and O–H groups in total. The summed E-state index contributed by atoms with van der Waals surface area (Å²) < 4.78 is 5.17. The van der Waals surface area contributed by atoms with Gasteiger partial charge in [0.15, 0.2) is 0 Å². The molecule has 1 unspecified atom stereocenters. The number of carbonyl (C=O) groups is 1. The lowest BCUT2D eigenvalue weighted by Crippen LogP contribution is -2.22. The Labute approximate surface area is 119 Å². The van der Waals surface area contributed by atoms with Crippen LogP contribution in [0.1, 0.15) is 43.6 Å². The fourth-order valence-corrected chi connectivity index (χ4v) is 2.57. The summed E-state index contributed by atoms with van der Waals surface area (Å²) in [6.45, 7) is 10.3. The van der Waals surface area contributed by atoms with Crippen LogP contribution in [0.2, 0.25) is 0 Å². The standard InChI is InChI=1S/C16H22N2O2/c1-6-20-16(19)13(9(2)3)15-17-12-8-10(4)7-11(5)14(12)18-15/h7-9,13H,6H2,1-5H3,(H,17,18). The van der Waals surface area contributed by atoms with Crippen molar-refractivity contribution in [3.63, 3.8) is 0 Å². The maximum absolute atomic E-state index is 12.1. The quantitative estimate of drug-likeness (QED) is 0.868. The Morgan fingerprint density at radius 2 is 2.05 bits per heavy atom. The number of aryl methyl sites for hydroxylation is 2. The normalized spacial score (nSPS) is 12.9. The van der Waals surface area contributed by atoms with Crippen LogP contribution in [0.5, 0.6) is 0 Å². The van der Waals surface area contributed by atoms with Crippen molar-refractivity contribution in [2.24, 2.45) is 5.92 Å². The molecular formula is C16H22N2O2. The summed E-state index contributed by atoms with van der Waals surface area (Å²) in [7, 11) is 0. The third-order valence-corrected chi connectivity index (χ3v) is 3.44. The molecule has 0 fully saturated rings. The molecule has 0 radical (unpaired) electrons. The molecule has 1 heterocycles. The molecule has 0 saturated heterocycles. The Balaban J connectivity index is 2.49. The van der Waals surface area contributed by atoms with Gasteiger partial charge >= 0.3 is 5.97 Å². The monoisotopic (exact) mass is 274 g/mol. The smallest absolute Gasteiger partial charge is 0.316 e. The van der Waals surface area contributed by atoms with Gasteiger partial charge in [0.25, 0.3) is 0 Å². The van der Waals surface area contributed by atoms with Crippen LogP contribution in [0.15, 0.2) is 12.1 Å². The van der Waals surface area contributed by atoms with Crippen molar-refractivity contribution >= 4 is 17.0 Å². The number of carbonyl (C=O) groups excluding carboxylic acids is 1. The van der Waals surface area contributed by atoms with Crippen LogP contribution >= 0.6 is 0 Å². The highest BCUT2D eigenvalue weighted by atomic mass is 16.5. The summed E-state index contributed by atoms with van der Waals surface area (Å²) in [5, 5.41) is 0. The minimum Gasteiger partial charge on any atom is -0.465 e. The number of H-pyrrole nitrogens is 1. The predicted molar refractivity (Wildman–Crippen MR) is 79.8 cm³/mol. The van der Waals surface area contributed by atoms with E-state index in [2.05, 4.69) is 29.0 Å². The van der Waals surface area contributed by atoms with E-state index in [9.17, 15) is 4.79 Å². The van der Waals surface area contributed by atoms with Gasteiger partial charge in [0.05, 0.1) is 17.6 Å². The second-order valence-corrected chi connectivity index (χ2v) is 5.57. The molecule has 0 aliphatic heterocycles. The first-order valence-electron chi connectivity index (χ1n) is 7.07. The predicted octanol–water partition coefficient (Wildman–Crippen LogP) is 3.48. The van der Waals surface area contributed by atoms with Crippen molar-refractivity contribution in [3.05, 3.63) is 29.1 Å². The summed E-state index contributed by atoms with van der Waals surface area (Å²) in [5.41, 5.74) is 4.21. The molecule has 108 valence electrons. The molecule has 1 aromatic heterocycles. The molecule has 1 atom stereocenters. The minimum atomic E-state index is -0.345. The van der Waals surface area contributed by atoms with E-state index in [1.165, 1.54) is 5.56 Å². The van der Waals surface area contributed by atoms with Crippen molar-refractivity contribution < 1.29 is 9.53 Å². The molecular weight excluding hydrogens is 252 g/mol. The van der Waals surface area contributed by atoms with Gasteiger partial charge < -0.3 is 9.72 Å². The third kappa shape index (κ3) is 2.69. The topological polar surface area (TPSA) is 55.0 Å². The van der Waals surface area contributed by atoms with Crippen molar-refractivity contribution in [1.29, 1.82) is 0 Å². The number of ether oxygens (including phenoxy) is 1. The second-order valence-electron chi connectivity index (χ2n) is 5.57. The van der Waals surface area contributed by atoms with Gasteiger partial charge in [0.1, 0.15) is 11.7 Å². The van der Waals surface area contributed by atoms with E-state index in [1.54, 1.807) is 0 Å². The highest BCUT2D eigenvalue weighted by molar-refractivity contribution is 5.83. The highest BCUT2D eigenvalue weighted by Gasteiger charge is 2.28. The van der Waals surface area contributed by atoms with Crippen molar-refractivity contribution in [3.8, 4) is 0 Å². The van der Waals surface area contributed by atoms with Crippen LogP contribution in [0.25, 0.3) is 11.0 Å². The Morgan fingerprint density at radius 3 is 2.65 bits per heavy atom. The van der Waals surface area contributed by atoms with E-state index in [1.807, 2.05) is 27.7 Å². The average Bonchev–Trinajstić information content (AvgIpc) is 2.72. The van der Waals surface area contributed by atoms with Crippen LogP contribution in [0.4, 0.5) is 0 Å². The molecule has 0 aliphatic rings. The number of nitrogens with zero attached hydrogens (tertiary/aromatic N) is 1. The molecule has 20 heavy (non-hydrogen) atoms. The molecule has 0 amide bonds. The molecule has 0 aliphatic carbocycles. The number of rotatable bonds is 4. The number of aromatic nitrogens is 2. The SMILES string of the molecule is CCOC(=O)C(c1nc2c(C)cc(C)cc2[nH]1)C(C)C. The van der Waals surface area contributed by atoms with Gasteiger partial charge in [-0.2, -0.15) is 0 Å². The van der Waals surface area contributed by atoms with E-state index in [4.69, 9.17) is 4.74 Å². The number of aromatic amines is 1. The first-order valence-corrected chi connectivity index (χ1v) is 7.07. The first kappa shape index (κ1) is 14.6. The van der Waals surface area contributed by atoms with Gasteiger partial charge in [-0.05, 0) is 43.9 Å². The largest absolute Gasteiger partial charge is 0.465 e. The number of esters is 1. The summed E-state index contributed by atoms with van der Waals surface area (Å²) in [6, 6.07) is 4.16. The lowest BCUT2D eigenvalue weighted by molar-refractivity contribution is -0.146. The minimum absolute atomic E-state index is 0.135. The van der Waals surface area contributed by atoms with Crippen LogP contribution in [0, 0.1) is 19.8 Å². The number of imidazole rings is 1. The molecule has 4 heteroatoms. The number of hydrogen-bond donors (Lipinski definition) is 1. The van der Waals surface area contributed by atoms with Crippen LogP contribution in [-0.4, -0.2) is 22.5 Å². The zero-order chi connectivity index (χ0) is 14.9. The van der Waals surface area contributed by atoms with Crippen molar-refractivity contribution in [2.45, 2.75) is 40.5 Å². The summed E-state index contributed by atoms with van der Waals surface area (Å²) in [6.07, 6.45) is 0. The van der Waals surface area contributed by atoms with Gasteiger partial charge in [-0.3, -0.25) is 4.79 Å². The lowest BCUT2D eigenvalue weighted by Gasteiger charge is -2.16. The van der Waals surface area contributed by atoms with E-state index >= 15 is 0 Å². The summed E-state index contributed by atoms with van der Waals surface area (Å²) in [4.78, 5) is 20.0. The van der Waals surface area contributed by atoms with Gasteiger partial charge in [0.2, 0.25) is 0 Å². The first-order chi connectivity index (χ1) is 9.43. The number of benzene rings is 1. The van der Waals surface area contributed by atoms with Crippen LogP contribution in [-0.2, 0) is 9.53 Å². The van der Waals surface area contributed by atoms with Gasteiger partial charge in [-0.1, -0.05) is 19.9 Å². The van der Waals surface area contributed by atoms with Crippen LogP contribution < -0.4 is 0 Å². The molecule has 2 aromatic rings. The van der Waals surface area contributed by atoms with Crippen LogP contribution in [0.3, 0.4) is 0 Å². The lowest BCUT2D eigenvalue weighted by atomic mass is 9.95. The Morgan fingerprint density at radius 1 is 1.35 bits per heavy atom. The van der Waals surface area contributed by atoms with Crippen molar-refractivity contribution in [1.82, 2.24) is 9.97 Å². The fourth-order valence-electron chi connectivity index (χ4n) is 2.57. The fraction of sp³-hybridized carbons (Fsp3) is 0.500. The second kappa shape index (κ2) is 5.65. The Hall–Kier alpha value is -1.84. The molecule has 0 spiro atoms. The maximum Gasteiger partial charge on any atom is 0.316 e. The van der Waals surface area contributed by atoms with E-state index in [-0.39, 0.29) is 17.8 Å². The number of nitrogens with one attached hydrogen (secondary N) is 1. The van der Waals surface area contributed by atoms with E-state index in [0.29, 0.717) is 12.4 Å². The van der Waals surface area contributed by atoms with Gasteiger partial charge in [-0.25, -0.2) is 4.98 Å². The van der Waals surface area contributed by atoms with E-state index in [0.717, 1.165) is 16.6 Å². The molecule has 0 saturated carbocycles. The Kier molecular flexibility index (Phi) is 4.12. The number of hydrogen-bond acceptors (Lipinski definition) is 3. The van der Waals surface area contributed by atoms with E-state index < -0.39 is 0 Å².